The van der Waals surface area contributed by atoms with Gasteiger partial charge >= 0.3 is 59.1 Å². The van der Waals surface area contributed by atoms with E-state index in [4.69, 9.17) is 0 Å². The Hall–Kier alpha value is 0.220. The Kier molecular flexibility index (Phi) is 13.9. The third-order valence-corrected chi connectivity index (χ3v) is 6.87. The van der Waals surface area contributed by atoms with Gasteiger partial charge in [-0.25, -0.2) is 8.42 Å². The molecule has 0 unspecified atom stereocenters. The Morgan fingerprint density at radius 1 is 0.871 bits per heavy atom. The van der Waals surface area contributed by atoms with E-state index in [1.54, 1.807) is 36.4 Å². The van der Waals surface area contributed by atoms with E-state index in [2.05, 4.69) is 4.33 Å². The van der Waals surface area contributed by atoms with E-state index in [-0.39, 0.29) is 76.7 Å². The fraction of sp³-hybridized carbons (Fsp3) is 0.400. The van der Waals surface area contributed by atoms with Crippen LogP contribution in [-0.4, -0.2) is 21.4 Å². The molecule has 0 saturated heterocycles. The number of unbranched alkanes of at least 4 members (excludes halogenated alkanes) is 2. The first-order valence-corrected chi connectivity index (χ1v) is 12.3. The normalized spacial score (nSPS) is 11.5. The van der Waals surface area contributed by atoms with E-state index in [0.717, 1.165) is 12.8 Å². The van der Waals surface area contributed by atoms with Crippen LogP contribution in [0.15, 0.2) is 46.2 Å². The molecule has 11 heteroatoms. The summed E-state index contributed by atoms with van der Waals surface area (Å²) in [5, 5.41) is 11.0. The van der Waals surface area contributed by atoms with Crippen LogP contribution in [0.25, 0.3) is 11.1 Å². The molecule has 160 valence electrons. The molecule has 0 aliphatic heterocycles. The van der Waals surface area contributed by atoms with Crippen LogP contribution in [0.4, 0.5) is 0 Å². The van der Waals surface area contributed by atoms with Crippen LogP contribution >= 0.6 is 0 Å². The second-order valence-corrected chi connectivity index (χ2v) is 9.54. The van der Waals surface area contributed by atoms with E-state index in [0.29, 0.717) is 30.4 Å². The van der Waals surface area contributed by atoms with Crippen molar-refractivity contribution in [2.75, 3.05) is 0 Å². The van der Waals surface area contributed by atoms with Crippen molar-refractivity contribution in [1.82, 2.24) is 0 Å². The van der Waals surface area contributed by atoms with Crippen molar-refractivity contribution in [3.05, 3.63) is 47.5 Å². The predicted molar refractivity (Wildman–Crippen MR) is 105 cm³/mol. The SMILES string of the molecule is CCCCc1cc(-c2ccccc2)c(S(=O)(=O)O[O-])c(S(=O)(=O)[O-])c1CCCC.[Na+].[Na+]. The van der Waals surface area contributed by atoms with Crippen molar-refractivity contribution in [3.8, 4) is 11.1 Å². The minimum atomic E-state index is -5.21. The number of hydrogen-bond acceptors (Lipinski definition) is 7. The van der Waals surface area contributed by atoms with Gasteiger partial charge < -0.3 is 14.1 Å². The van der Waals surface area contributed by atoms with Gasteiger partial charge in [-0.3, -0.25) is 0 Å². The zero-order valence-corrected chi connectivity index (χ0v) is 24.0. The molecular weight excluding hydrogens is 462 g/mol. The van der Waals surface area contributed by atoms with Gasteiger partial charge in [0.2, 0.25) is 0 Å². The second-order valence-electron chi connectivity index (χ2n) is 6.77. The largest absolute Gasteiger partial charge is 1.00 e. The molecule has 0 radical (unpaired) electrons. The quantitative estimate of drug-likeness (QED) is 0.151. The topological polar surface area (TPSA) is 124 Å². The van der Waals surface area contributed by atoms with Crippen LogP contribution in [-0.2, 0) is 37.4 Å². The molecule has 0 atom stereocenters. The molecule has 0 bridgehead atoms. The van der Waals surface area contributed by atoms with Gasteiger partial charge in [0.15, 0.2) is 0 Å². The molecule has 0 amide bonds. The second kappa shape index (κ2) is 13.8. The maximum absolute atomic E-state index is 12.5. The summed E-state index contributed by atoms with van der Waals surface area (Å²) >= 11 is 0. The van der Waals surface area contributed by atoms with Crippen molar-refractivity contribution < 1.29 is 90.1 Å². The van der Waals surface area contributed by atoms with Gasteiger partial charge in [0, 0.05) is 5.56 Å². The fourth-order valence-electron chi connectivity index (χ4n) is 3.33. The molecule has 0 aliphatic rings. The Balaban J connectivity index is 0.00000450. The summed E-state index contributed by atoms with van der Waals surface area (Å²) in [6, 6.07) is 9.72. The number of benzene rings is 2. The molecule has 0 spiro atoms. The molecule has 0 heterocycles. The van der Waals surface area contributed by atoms with E-state index < -0.39 is 30.0 Å². The van der Waals surface area contributed by atoms with Crippen LogP contribution in [0.2, 0.25) is 0 Å². The average Bonchev–Trinajstić information content (AvgIpc) is 2.69. The fourth-order valence-corrected chi connectivity index (χ4v) is 5.68. The van der Waals surface area contributed by atoms with E-state index in [1.165, 1.54) is 0 Å². The van der Waals surface area contributed by atoms with Gasteiger partial charge in [0.25, 0.3) is 10.1 Å². The minimum Gasteiger partial charge on any atom is -0.744 e. The van der Waals surface area contributed by atoms with Crippen molar-refractivity contribution in [3.63, 3.8) is 0 Å². The third kappa shape index (κ3) is 7.89. The summed E-state index contributed by atoms with van der Waals surface area (Å²) in [5.41, 5.74) is 1.10. The standard InChI is InChI=1S/C20H26O7S2.2Na/c1-3-5-10-16-14-18(15-11-8-7-9-12-15)20(29(25,26)27-21)19(28(22,23)24)17(16)13-6-4-2;;/h7-9,11-12,14,21H,3-6,10,13H2,1-2H3,(H,22,23,24);;/q;2*+1/p-2. The Bertz CT molecular complexity index is 1050. The van der Waals surface area contributed by atoms with Crippen LogP contribution < -0.4 is 64.4 Å². The van der Waals surface area contributed by atoms with Crippen LogP contribution in [0.5, 0.6) is 0 Å². The molecule has 0 N–H and O–H groups in total. The van der Waals surface area contributed by atoms with Crippen LogP contribution in [0, 0.1) is 0 Å². The smallest absolute Gasteiger partial charge is 0.744 e. The van der Waals surface area contributed by atoms with Gasteiger partial charge in [-0.1, -0.05) is 57.0 Å². The zero-order chi connectivity index (χ0) is 21.7. The molecule has 2 aromatic carbocycles. The number of aryl methyl sites for hydroxylation is 1. The van der Waals surface area contributed by atoms with Crippen molar-refractivity contribution in [2.45, 2.75) is 62.2 Å². The van der Waals surface area contributed by atoms with Crippen LogP contribution in [0.1, 0.15) is 50.7 Å². The third-order valence-electron chi connectivity index (χ3n) is 4.69. The summed E-state index contributed by atoms with van der Waals surface area (Å²) < 4.78 is 65.1. The first kappa shape index (κ1) is 31.2. The molecule has 0 fully saturated rings. The molecule has 31 heavy (non-hydrogen) atoms. The predicted octanol–water partition coefficient (Wildman–Crippen LogP) is -3.07. The minimum absolute atomic E-state index is 0. The van der Waals surface area contributed by atoms with Gasteiger partial charge in [-0.15, -0.1) is 0 Å². The van der Waals surface area contributed by atoms with Crippen molar-refractivity contribution in [1.29, 1.82) is 0 Å². The van der Waals surface area contributed by atoms with Crippen molar-refractivity contribution >= 4 is 20.2 Å². The summed E-state index contributed by atoms with van der Waals surface area (Å²) in [6.07, 6.45) is 3.53. The summed E-state index contributed by atoms with van der Waals surface area (Å²) in [6.45, 7) is 3.87. The molecule has 0 aromatic heterocycles. The summed E-state index contributed by atoms with van der Waals surface area (Å²) in [4.78, 5) is -1.74. The van der Waals surface area contributed by atoms with Gasteiger partial charge in [0.05, 0.1) is 4.90 Å². The molecule has 2 rings (SSSR count). The Morgan fingerprint density at radius 2 is 1.42 bits per heavy atom. The Morgan fingerprint density at radius 3 is 1.90 bits per heavy atom. The van der Waals surface area contributed by atoms with E-state index >= 15 is 0 Å². The van der Waals surface area contributed by atoms with Crippen molar-refractivity contribution in [2.24, 2.45) is 0 Å². The van der Waals surface area contributed by atoms with E-state index in [1.807, 2.05) is 13.8 Å². The van der Waals surface area contributed by atoms with Gasteiger partial charge in [0.1, 0.15) is 15.0 Å². The monoisotopic (exact) mass is 486 g/mol. The first-order valence-electron chi connectivity index (χ1n) is 9.43. The summed E-state index contributed by atoms with van der Waals surface area (Å²) in [5.74, 6) is 0. The zero-order valence-electron chi connectivity index (χ0n) is 18.4. The molecule has 0 aliphatic carbocycles. The maximum Gasteiger partial charge on any atom is 1.00 e. The number of hydrogen-bond donors (Lipinski definition) is 0. The molecule has 7 nitrogen and oxygen atoms in total. The van der Waals surface area contributed by atoms with Gasteiger partial charge in [-0.05, 0) is 48.4 Å². The average molecular weight is 487 g/mol. The molecule has 0 saturated carbocycles. The van der Waals surface area contributed by atoms with Crippen LogP contribution in [0.3, 0.4) is 0 Å². The maximum atomic E-state index is 12.5. The molecule has 2 aromatic rings. The number of rotatable bonds is 10. The Labute approximate surface area is 229 Å². The first-order chi connectivity index (χ1) is 13.7. The van der Waals surface area contributed by atoms with Gasteiger partial charge in [-0.2, -0.15) is 8.42 Å². The van der Waals surface area contributed by atoms with E-state index in [9.17, 15) is 26.6 Å². The summed E-state index contributed by atoms with van der Waals surface area (Å²) in [7, 11) is -10.2. The molecular formula is C20H24Na2O7S2.